The molecule has 0 saturated heterocycles. The molecule has 4 heteroatoms. The largest absolute Gasteiger partial charge is 0.468 e. The van der Waals surface area contributed by atoms with E-state index in [9.17, 15) is 0 Å². The lowest BCUT2D eigenvalue weighted by atomic mass is 10.1. The highest BCUT2D eigenvalue weighted by molar-refractivity contribution is 5.14. The quantitative estimate of drug-likeness (QED) is 0.866. The fourth-order valence-corrected chi connectivity index (χ4v) is 2.08. The van der Waals surface area contributed by atoms with Gasteiger partial charge in [-0.3, -0.25) is 9.88 Å². The SMILES string of the molecule is CC(NCC(c1ccco1)N(C)C)c1ccncc1. The van der Waals surface area contributed by atoms with Gasteiger partial charge in [0.15, 0.2) is 0 Å². The summed E-state index contributed by atoms with van der Waals surface area (Å²) in [5.74, 6) is 0.986. The second-order valence-corrected chi connectivity index (χ2v) is 4.91. The van der Waals surface area contributed by atoms with Gasteiger partial charge in [0.2, 0.25) is 0 Å². The van der Waals surface area contributed by atoms with E-state index < -0.39 is 0 Å². The Hall–Kier alpha value is -1.65. The number of likely N-dealkylation sites (N-methyl/N-ethyl adjacent to an activating group) is 1. The van der Waals surface area contributed by atoms with Crippen LogP contribution in [0.4, 0.5) is 0 Å². The van der Waals surface area contributed by atoms with Crippen molar-refractivity contribution in [2.75, 3.05) is 20.6 Å². The highest BCUT2D eigenvalue weighted by atomic mass is 16.3. The molecule has 2 unspecified atom stereocenters. The first-order valence-electron chi connectivity index (χ1n) is 6.51. The van der Waals surface area contributed by atoms with Gasteiger partial charge in [-0.25, -0.2) is 0 Å². The van der Waals surface area contributed by atoms with Crippen LogP contribution in [0.2, 0.25) is 0 Å². The highest BCUT2D eigenvalue weighted by Gasteiger charge is 2.17. The van der Waals surface area contributed by atoms with Crippen LogP contribution < -0.4 is 5.32 Å². The normalized spacial score (nSPS) is 14.5. The molecule has 2 atom stereocenters. The van der Waals surface area contributed by atoms with Gasteiger partial charge in [0.1, 0.15) is 5.76 Å². The number of hydrogen-bond donors (Lipinski definition) is 1. The molecule has 0 radical (unpaired) electrons. The molecule has 0 aliphatic rings. The van der Waals surface area contributed by atoms with Gasteiger partial charge in [-0.2, -0.15) is 0 Å². The predicted octanol–water partition coefficient (Wildman–Crippen LogP) is 2.63. The molecule has 4 nitrogen and oxygen atoms in total. The monoisotopic (exact) mass is 259 g/mol. The molecule has 0 saturated carbocycles. The first kappa shape index (κ1) is 13.8. The third-order valence-electron chi connectivity index (χ3n) is 3.32. The molecule has 1 N–H and O–H groups in total. The van der Waals surface area contributed by atoms with E-state index in [4.69, 9.17) is 4.42 Å². The Bertz CT molecular complexity index is 467. The number of nitrogens with one attached hydrogen (secondary N) is 1. The molecule has 19 heavy (non-hydrogen) atoms. The zero-order valence-electron chi connectivity index (χ0n) is 11.7. The standard InChI is InChI=1S/C15H21N3O/c1-12(13-6-8-16-9-7-13)17-11-14(18(2)3)15-5-4-10-19-15/h4-10,12,14,17H,11H2,1-3H3. The third kappa shape index (κ3) is 3.66. The summed E-state index contributed by atoms with van der Waals surface area (Å²) in [6, 6.07) is 8.55. The number of hydrogen-bond acceptors (Lipinski definition) is 4. The van der Waals surface area contributed by atoms with Crippen molar-refractivity contribution in [3.8, 4) is 0 Å². The van der Waals surface area contributed by atoms with Crippen molar-refractivity contribution < 1.29 is 4.42 Å². The second kappa shape index (κ2) is 6.50. The minimum absolute atomic E-state index is 0.235. The third-order valence-corrected chi connectivity index (χ3v) is 3.32. The van der Waals surface area contributed by atoms with Crippen molar-refractivity contribution in [2.24, 2.45) is 0 Å². The zero-order chi connectivity index (χ0) is 13.7. The Kier molecular flexibility index (Phi) is 4.71. The molecule has 0 fully saturated rings. The van der Waals surface area contributed by atoms with E-state index in [1.165, 1.54) is 5.56 Å². The van der Waals surface area contributed by atoms with E-state index >= 15 is 0 Å². The summed E-state index contributed by atoms with van der Waals surface area (Å²) in [5, 5.41) is 3.54. The van der Waals surface area contributed by atoms with Crippen LogP contribution in [-0.4, -0.2) is 30.5 Å². The van der Waals surface area contributed by atoms with E-state index in [2.05, 4.69) is 36.2 Å². The molecule has 0 amide bonds. The molecule has 2 rings (SSSR count). The van der Waals surface area contributed by atoms with Gasteiger partial charge in [0.25, 0.3) is 0 Å². The summed E-state index contributed by atoms with van der Waals surface area (Å²) in [4.78, 5) is 6.20. The van der Waals surface area contributed by atoms with Crippen molar-refractivity contribution in [1.29, 1.82) is 0 Å². The maximum Gasteiger partial charge on any atom is 0.122 e. The van der Waals surface area contributed by atoms with Gasteiger partial charge in [-0.1, -0.05) is 0 Å². The average molecular weight is 259 g/mol. The summed E-state index contributed by atoms with van der Waals surface area (Å²) in [6.45, 7) is 2.99. The van der Waals surface area contributed by atoms with E-state index in [0.29, 0.717) is 6.04 Å². The second-order valence-electron chi connectivity index (χ2n) is 4.91. The van der Waals surface area contributed by atoms with Gasteiger partial charge in [-0.15, -0.1) is 0 Å². The molecular weight excluding hydrogens is 238 g/mol. The lowest BCUT2D eigenvalue weighted by Gasteiger charge is -2.25. The van der Waals surface area contributed by atoms with Gasteiger partial charge in [0.05, 0.1) is 12.3 Å². The Balaban J connectivity index is 1.96. The summed E-state index contributed by atoms with van der Waals surface area (Å²) in [5.41, 5.74) is 1.24. The van der Waals surface area contributed by atoms with Crippen LogP contribution in [0.3, 0.4) is 0 Å². The molecule has 102 valence electrons. The first-order chi connectivity index (χ1) is 9.18. The molecule has 2 heterocycles. The number of pyridine rings is 1. The lowest BCUT2D eigenvalue weighted by Crippen LogP contribution is -2.32. The van der Waals surface area contributed by atoms with Gasteiger partial charge < -0.3 is 9.73 Å². The number of nitrogens with zero attached hydrogens (tertiary/aromatic N) is 2. The molecule has 0 spiro atoms. The van der Waals surface area contributed by atoms with E-state index in [-0.39, 0.29) is 6.04 Å². The average Bonchev–Trinajstić information content (AvgIpc) is 2.93. The zero-order valence-corrected chi connectivity index (χ0v) is 11.7. The Morgan fingerprint density at radius 1 is 1.26 bits per heavy atom. The summed E-state index contributed by atoms with van der Waals surface area (Å²) < 4.78 is 5.50. The fourth-order valence-electron chi connectivity index (χ4n) is 2.08. The molecule has 2 aromatic rings. The number of furan rings is 1. The number of rotatable bonds is 6. The smallest absolute Gasteiger partial charge is 0.122 e. The Morgan fingerprint density at radius 2 is 2.00 bits per heavy atom. The summed E-state index contributed by atoms with van der Waals surface area (Å²) in [6.07, 6.45) is 5.37. The molecule has 0 aliphatic heterocycles. The molecule has 0 aromatic carbocycles. The van der Waals surface area contributed by atoms with Crippen molar-refractivity contribution in [3.63, 3.8) is 0 Å². The van der Waals surface area contributed by atoms with Crippen molar-refractivity contribution in [3.05, 3.63) is 54.2 Å². The molecular formula is C15H21N3O. The molecule has 2 aromatic heterocycles. The van der Waals surface area contributed by atoms with Crippen LogP contribution in [0.5, 0.6) is 0 Å². The fraction of sp³-hybridized carbons (Fsp3) is 0.400. The van der Waals surface area contributed by atoms with Crippen LogP contribution in [0.1, 0.15) is 30.3 Å². The van der Waals surface area contributed by atoms with E-state index in [0.717, 1.165) is 12.3 Å². The number of aromatic nitrogens is 1. The minimum Gasteiger partial charge on any atom is -0.468 e. The lowest BCUT2D eigenvalue weighted by molar-refractivity contribution is 0.245. The van der Waals surface area contributed by atoms with E-state index in [1.54, 1.807) is 6.26 Å². The Morgan fingerprint density at radius 3 is 2.58 bits per heavy atom. The first-order valence-corrected chi connectivity index (χ1v) is 6.51. The van der Waals surface area contributed by atoms with Crippen LogP contribution in [0, 0.1) is 0 Å². The van der Waals surface area contributed by atoms with Crippen molar-refractivity contribution >= 4 is 0 Å². The van der Waals surface area contributed by atoms with Crippen LogP contribution in [-0.2, 0) is 0 Å². The van der Waals surface area contributed by atoms with Crippen LogP contribution in [0.25, 0.3) is 0 Å². The molecule has 0 aliphatic carbocycles. The minimum atomic E-state index is 0.235. The highest BCUT2D eigenvalue weighted by Crippen LogP contribution is 2.19. The molecule has 0 bridgehead atoms. The van der Waals surface area contributed by atoms with Crippen molar-refractivity contribution in [2.45, 2.75) is 19.0 Å². The Labute approximate surface area is 114 Å². The van der Waals surface area contributed by atoms with Crippen LogP contribution in [0.15, 0.2) is 47.3 Å². The summed E-state index contributed by atoms with van der Waals surface area (Å²) >= 11 is 0. The topological polar surface area (TPSA) is 41.3 Å². The predicted molar refractivity (Wildman–Crippen MR) is 75.8 cm³/mol. The maximum atomic E-state index is 5.50. The summed E-state index contributed by atoms with van der Waals surface area (Å²) in [7, 11) is 4.12. The maximum absolute atomic E-state index is 5.50. The van der Waals surface area contributed by atoms with Gasteiger partial charge in [-0.05, 0) is 50.8 Å². The van der Waals surface area contributed by atoms with Gasteiger partial charge in [0, 0.05) is 25.0 Å². The van der Waals surface area contributed by atoms with Crippen LogP contribution >= 0.6 is 0 Å². The van der Waals surface area contributed by atoms with Gasteiger partial charge >= 0.3 is 0 Å². The van der Waals surface area contributed by atoms with E-state index in [1.807, 2.05) is 36.7 Å². The van der Waals surface area contributed by atoms with Crippen molar-refractivity contribution in [1.82, 2.24) is 15.2 Å².